The minimum atomic E-state index is -4.44. The highest BCUT2D eigenvalue weighted by atomic mass is 19.4. The molecule has 2 aromatic rings. The molecule has 1 aromatic heterocycles. The lowest BCUT2D eigenvalue weighted by atomic mass is 10.2. The van der Waals surface area contributed by atoms with Crippen molar-refractivity contribution in [3.05, 3.63) is 47.3 Å². The van der Waals surface area contributed by atoms with E-state index in [4.69, 9.17) is 4.74 Å². The van der Waals surface area contributed by atoms with Crippen molar-refractivity contribution in [2.75, 3.05) is 7.11 Å². The number of methoxy groups -OCH3 is 1. The molecule has 0 saturated heterocycles. The number of halogens is 3. The minimum Gasteiger partial charge on any atom is -0.380 e. The summed E-state index contributed by atoms with van der Waals surface area (Å²) in [6, 6.07) is 8.96. The Morgan fingerprint density at radius 3 is 2.68 bits per heavy atom. The number of aromatic nitrogens is 2. The molecule has 3 nitrogen and oxygen atoms in total. The third-order valence-electron chi connectivity index (χ3n) is 2.57. The largest absolute Gasteiger partial charge is 0.435 e. The van der Waals surface area contributed by atoms with Crippen molar-refractivity contribution in [3.63, 3.8) is 0 Å². The third-order valence-corrected chi connectivity index (χ3v) is 2.57. The smallest absolute Gasteiger partial charge is 0.380 e. The second-order valence-electron chi connectivity index (χ2n) is 4.09. The van der Waals surface area contributed by atoms with E-state index in [1.54, 1.807) is 32.2 Å². The van der Waals surface area contributed by atoms with Gasteiger partial charge >= 0.3 is 6.18 Å². The monoisotopic (exact) mass is 269 g/mol. The van der Waals surface area contributed by atoms with Gasteiger partial charge in [-0.2, -0.15) is 18.3 Å². The SMILES string of the molecule is COCc1[c]ccc(-n2nc(C(F)(F)F)cc2C)c1. The predicted octanol–water partition coefficient (Wildman–Crippen LogP) is 3.15. The molecule has 0 spiro atoms. The van der Waals surface area contributed by atoms with Crippen LogP contribution in [0.1, 0.15) is 17.0 Å². The Hall–Kier alpha value is -1.82. The zero-order valence-corrected chi connectivity index (χ0v) is 10.5. The van der Waals surface area contributed by atoms with Crippen molar-refractivity contribution in [3.8, 4) is 5.69 Å². The Morgan fingerprint density at radius 1 is 1.37 bits per heavy atom. The molecular weight excluding hydrogens is 257 g/mol. The van der Waals surface area contributed by atoms with Crippen LogP contribution in [0, 0.1) is 13.0 Å². The van der Waals surface area contributed by atoms with Gasteiger partial charge in [-0.05, 0) is 36.8 Å². The number of hydrogen-bond donors (Lipinski definition) is 0. The van der Waals surface area contributed by atoms with Crippen LogP contribution in [0.15, 0.2) is 24.3 Å². The number of ether oxygens (including phenoxy) is 1. The number of aryl methyl sites for hydroxylation is 1. The molecule has 0 amide bonds. The molecule has 0 aliphatic heterocycles. The highest BCUT2D eigenvalue weighted by Crippen LogP contribution is 2.29. The predicted molar refractivity (Wildman–Crippen MR) is 62.9 cm³/mol. The molecule has 0 fully saturated rings. The van der Waals surface area contributed by atoms with E-state index in [1.165, 1.54) is 4.68 Å². The Balaban J connectivity index is 2.41. The van der Waals surface area contributed by atoms with Gasteiger partial charge in [-0.25, -0.2) is 4.68 Å². The summed E-state index contributed by atoms with van der Waals surface area (Å²) in [5.41, 5.74) is 0.829. The maximum Gasteiger partial charge on any atom is 0.435 e. The van der Waals surface area contributed by atoms with E-state index in [-0.39, 0.29) is 0 Å². The molecule has 1 heterocycles. The Bertz CT molecular complexity index is 576. The average molecular weight is 269 g/mol. The summed E-state index contributed by atoms with van der Waals surface area (Å²) in [6.07, 6.45) is -4.44. The first kappa shape index (κ1) is 13.6. The summed E-state index contributed by atoms with van der Waals surface area (Å²) in [7, 11) is 1.54. The molecular formula is C13H12F3N2O. The van der Waals surface area contributed by atoms with Gasteiger partial charge in [0.2, 0.25) is 0 Å². The van der Waals surface area contributed by atoms with Crippen molar-refractivity contribution in [2.45, 2.75) is 19.7 Å². The lowest BCUT2D eigenvalue weighted by Crippen LogP contribution is -2.07. The van der Waals surface area contributed by atoms with Gasteiger partial charge in [-0.1, -0.05) is 6.07 Å². The second-order valence-corrected chi connectivity index (χ2v) is 4.09. The van der Waals surface area contributed by atoms with Gasteiger partial charge < -0.3 is 4.74 Å². The minimum absolute atomic E-state index is 0.348. The van der Waals surface area contributed by atoms with Crippen molar-refractivity contribution < 1.29 is 17.9 Å². The molecule has 6 heteroatoms. The van der Waals surface area contributed by atoms with Gasteiger partial charge in [0, 0.05) is 12.8 Å². The first-order valence-corrected chi connectivity index (χ1v) is 5.55. The van der Waals surface area contributed by atoms with E-state index >= 15 is 0 Å². The lowest BCUT2D eigenvalue weighted by molar-refractivity contribution is -0.141. The standard InChI is InChI=1S/C13H12F3N2O/c1-9-6-12(13(14,15)16)17-18(9)11-5-3-4-10(7-11)8-19-2/h3,5-7H,8H2,1-2H3. The quantitative estimate of drug-likeness (QED) is 0.856. The summed E-state index contributed by atoms with van der Waals surface area (Å²) >= 11 is 0. The van der Waals surface area contributed by atoms with E-state index in [9.17, 15) is 13.2 Å². The van der Waals surface area contributed by atoms with Crippen molar-refractivity contribution in [1.29, 1.82) is 0 Å². The molecule has 101 valence electrons. The maximum atomic E-state index is 12.6. The molecule has 1 radical (unpaired) electrons. The third kappa shape index (κ3) is 2.96. The maximum absolute atomic E-state index is 12.6. The van der Waals surface area contributed by atoms with Crippen molar-refractivity contribution >= 4 is 0 Å². The van der Waals surface area contributed by atoms with Crippen LogP contribution in [0.4, 0.5) is 13.2 Å². The van der Waals surface area contributed by atoms with Crippen LogP contribution in [0.2, 0.25) is 0 Å². The zero-order chi connectivity index (χ0) is 14.0. The van der Waals surface area contributed by atoms with Crippen LogP contribution in [-0.4, -0.2) is 16.9 Å². The van der Waals surface area contributed by atoms with Gasteiger partial charge in [-0.3, -0.25) is 0 Å². The average Bonchev–Trinajstić information content (AvgIpc) is 2.72. The summed E-state index contributed by atoms with van der Waals surface area (Å²) in [5, 5.41) is 3.59. The van der Waals surface area contributed by atoms with E-state index in [0.717, 1.165) is 11.6 Å². The zero-order valence-electron chi connectivity index (χ0n) is 10.5. The second kappa shape index (κ2) is 5.05. The van der Waals surface area contributed by atoms with E-state index in [2.05, 4.69) is 11.2 Å². The van der Waals surface area contributed by atoms with Crippen LogP contribution in [0.25, 0.3) is 5.69 Å². The fourth-order valence-electron chi connectivity index (χ4n) is 1.75. The first-order valence-electron chi connectivity index (χ1n) is 5.55. The van der Waals surface area contributed by atoms with Gasteiger partial charge in [0.05, 0.1) is 12.3 Å². The number of alkyl halides is 3. The number of benzene rings is 1. The Kier molecular flexibility index (Phi) is 3.61. The van der Waals surface area contributed by atoms with Crippen LogP contribution >= 0.6 is 0 Å². The van der Waals surface area contributed by atoms with E-state index in [0.29, 0.717) is 18.0 Å². The van der Waals surface area contributed by atoms with Gasteiger partial charge in [0.1, 0.15) is 0 Å². The highest BCUT2D eigenvalue weighted by Gasteiger charge is 2.34. The Morgan fingerprint density at radius 2 is 2.11 bits per heavy atom. The van der Waals surface area contributed by atoms with Crippen LogP contribution in [0.3, 0.4) is 0 Å². The molecule has 0 aliphatic carbocycles. The highest BCUT2D eigenvalue weighted by molar-refractivity contribution is 5.36. The number of rotatable bonds is 3. The molecule has 0 bridgehead atoms. The number of hydrogen-bond acceptors (Lipinski definition) is 2. The molecule has 1 aromatic carbocycles. The summed E-state index contributed by atoms with van der Waals surface area (Å²) in [4.78, 5) is 0. The molecule has 2 rings (SSSR count). The van der Waals surface area contributed by atoms with Crippen LogP contribution < -0.4 is 0 Å². The van der Waals surface area contributed by atoms with Crippen molar-refractivity contribution in [2.24, 2.45) is 0 Å². The fourth-order valence-corrected chi connectivity index (χ4v) is 1.75. The fraction of sp³-hybridized carbons (Fsp3) is 0.308. The Labute approximate surface area is 108 Å². The lowest BCUT2D eigenvalue weighted by Gasteiger charge is -2.06. The summed E-state index contributed by atoms with van der Waals surface area (Å²) < 4.78 is 44.0. The molecule has 19 heavy (non-hydrogen) atoms. The van der Waals surface area contributed by atoms with Gasteiger partial charge in [-0.15, -0.1) is 0 Å². The topological polar surface area (TPSA) is 27.1 Å². The molecule has 0 aliphatic rings. The first-order chi connectivity index (χ1) is 8.91. The van der Waals surface area contributed by atoms with Crippen LogP contribution in [0.5, 0.6) is 0 Å². The van der Waals surface area contributed by atoms with E-state index in [1.807, 2.05) is 0 Å². The number of nitrogens with zero attached hydrogens (tertiary/aromatic N) is 2. The van der Waals surface area contributed by atoms with Crippen molar-refractivity contribution in [1.82, 2.24) is 9.78 Å². The molecule has 0 saturated carbocycles. The molecule has 0 N–H and O–H groups in total. The molecule has 0 atom stereocenters. The molecule has 0 unspecified atom stereocenters. The van der Waals surface area contributed by atoms with Gasteiger partial charge in [0.15, 0.2) is 5.69 Å². The van der Waals surface area contributed by atoms with Gasteiger partial charge in [0.25, 0.3) is 0 Å². The summed E-state index contributed by atoms with van der Waals surface area (Å²) in [6.45, 7) is 1.93. The normalized spacial score (nSPS) is 11.8. The van der Waals surface area contributed by atoms with Crippen LogP contribution in [-0.2, 0) is 17.5 Å². The summed E-state index contributed by atoms with van der Waals surface area (Å²) in [5.74, 6) is 0. The van der Waals surface area contributed by atoms with E-state index < -0.39 is 11.9 Å².